The monoisotopic (exact) mass is 539 g/mol. The van der Waals surface area contributed by atoms with Crippen molar-refractivity contribution in [3.8, 4) is 23.1 Å². The fourth-order valence-corrected chi connectivity index (χ4v) is 4.95. The second-order valence-electron chi connectivity index (χ2n) is 10.2. The second-order valence-corrected chi connectivity index (χ2v) is 10.2. The highest BCUT2D eigenvalue weighted by atomic mass is 16.5. The zero-order chi connectivity index (χ0) is 28.0. The molecule has 2 fully saturated rings. The smallest absolute Gasteiger partial charge is 0.336 e. The summed E-state index contributed by atoms with van der Waals surface area (Å²) < 4.78 is 17.2. The number of rotatable bonds is 8. The third-order valence-electron chi connectivity index (χ3n) is 7.25. The van der Waals surface area contributed by atoms with E-state index in [0.717, 1.165) is 24.0 Å². The lowest BCUT2D eigenvalue weighted by Gasteiger charge is -2.20. The first-order chi connectivity index (χ1) is 19.4. The normalized spacial score (nSPS) is 15.3. The van der Waals surface area contributed by atoms with Gasteiger partial charge in [-0.2, -0.15) is 0 Å². The van der Waals surface area contributed by atoms with Crippen LogP contribution in [-0.2, 0) is 4.79 Å². The highest BCUT2D eigenvalue weighted by molar-refractivity contribution is 6.27. The van der Waals surface area contributed by atoms with Crippen LogP contribution in [0.3, 0.4) is 0 Å². The van der Waals surface area contributed by atoms with E-state index in [1.807, 2.05) is 32.2 Å². The molecule has 0 atom stereocenters. The number of fused-ring (bicyclic) bond motifs is 1. The Morgan fingerprint density at radius 1 is 0.900 bits per heavy atom. The number of urea groups is 1. The number of carbonyl (C=O) groups excluding carboxylic acids is 2. The van der Waals surface area contributed by atoms with E-state index in [2.05, 4.69) is 15.0 Å². The highest BCUT2D eigenvalue weighted by Gasteiger charge is 2.39. The summed E-state index contributed by atoms with van der Waals surface area (Å²) in [5.74, 6) is 2.22. The van der Waals surface area contributed by atoms with Crippen LogP contribution in [0.4, 0.5) is 16.2 Å². The minimum atomic E-state index is -0.397. The highest BCUT2D eigenvalue weighted by Crippen LogP contribution is 2.42. The van der Waals surface area contributed by atoms with Gasteiger partial charge in [0, 0.05) is 12.3 Å². The van der Waals surface area contributed by atoms with Gasteiger partial charge >= 0.3 is 6.03 Å². The molecule has 1 aliphatic carbocycles. The number of amides is 3. The molecular formula is C30H29N5O5. The maximum absolute atomic E-state index is 13.5. The van der Waals surface area contributed by atoms with E-state index in [1.165, 1.54) is 16.1 Å². The third kappa shape index (κ3) is 4.55. The molecule has 2 aromatic heterocycles. The van der Waals surface area contributed by atoms with Crippen molar-refractivity contribution in [3.63, 3.8) is 0 Å². The first-order valence-electron chi connectivity index (χ1n) is 13.2. The number of nitrogens with zero attached hydrogens (tertiary/aromatic N) is 5. The van der Waals surface area contributed by atoms with Crippen molar-refractivity contribution in [2.75, 3.05) is 30.6 Å². The number of methoxy groups -OCH3 is 2. The maximum Gasteiger partial charge on any atom is 0.336 e. The second kappa shape index (κ2) is 10.1. The van der Waals surface area contributed by atoms with Crippen molar-refractivity contribution in [1.29, 1.82) is 0 Å². The molecule has 0 radical (unpaired) electrons. The summed E-state index contributed by atoms with van der Waals surface area (Å²) in [6, 6.07) is 10.4. The lowest BCUT2D eigenvalue weighted by molar-refractivity contribution is -0.115. The van der Waals surface area contributed by atoms with Crippen LogP contribution in [0, 0.1) is 0 Å². The molecule has 1 saturated carbocycles. The Balaban J connectivity index is 1.32. The quantitative estimate of drug-likeness (QED) is 0.258. The number of anilines is 2. The molecule has 0 spiro atoms. The van der Waals surface area contributed by atoms with Crippen LogP contribution in [0.15, 0.2) is 55.1 Å². The van der Waals surface area contributed by atoms with E-state index in [4.69, 9.17) is 14.2 Å². The molecule has 40 heavy (non-hydrogen) atoms. The van der Waals surface area contributed by atoms with Crippen molar-refractivity contribution in [1.82, 2.24) is 15.0 Å². The number of aromatic nitrogens is 3. The Hall–Kier alpha value is -4.73. The summed E-state index contributed by atoms with van der Waals surface area (Å²) in [5.41, 5.74) is 3.68. The molecule has 2 aromatic carbocycles. The van der Waals surface area contributed by atoms with Crippen molar-refractivity contribution in [2.24, 2.45) is 0 Å². The minimum absolute atomic E-state index is 0.0287. The number of carbonyl (C=O) groups is 2. The van der Waals surface area contributed by atoms with Gasteiger partial charge in [-0.25, -0.2) is 19.7 Å². The summed E-state index contributed by atoms with van der Waals surface area (Å²) in [7, 11) is 3.13. The van der Waals surface area contributed by atoms with Gasteiger partial charge in [-0.15, -0.1) is 0 Å². The molecule has 2 aliphatic rings. The first-order valence-corrected chi connectivity index (χ1v) is 13.2. The van der Waals surface area contributed by atoms with Gasteiger partial charge in [0.1, 0.15) is 18.6 Å². The summed E-state index contributed by atoms with van der Waals surface area (Å²) in [4.78, 5) is 42.3. The van der Waals surface area contributed by atoms with E-state index in [-0.39, 0.29) is 18.4 Å². The summed E-state index contributed by atoms with van der Waals surface area (Å²) in [6.45, 7) is 4.00. The molecule has 1 saturated heterocycles. The van der Waals surface area contributed by atoms with Gasteiger partial charge in [0.2, 0.25) is 5.88 Å². The van der Waals surface area contributed by atoms with Gasteiger partial charge in [-0.05, 0) is 66.1 Å². The predicted octanol–water partition coefficient (Wildman–Crippen LogP) is 5.81. The zero-order valence-electron chi connectivity index (χ0n) is 22.7. The molecule has 10 heteroatoms. The minimum Gasteiger partial charge on any atom is -0.493 e. The van der Waals surface area contributed by atoms with Gasteiger partial charge < -0.3 is 14.2 Å². The van der Waals surface area contributed by atoms with Crippen LogP contribution in [-0.4, -0.2) is 47.7 Å². The van der Waals surface area contributed by atoms with Crippen LogP contribution >= 0.6 is 0 Å². The molecule has 0 bridgehead atoms. The van der Waals surface area contributed by atoms with Gasteiger partial charge in [0.15, 0.2) is 11.5 Å². The van der Waals surface area contributed by atoms with Crippen LogP contribution in [0.1, 0.15) is 49.7 Å². The number of imide groups is 1. The topological polar surface area (TPSA) is 107 Å². The molecule has 204 valence electrons. The zero-order valence-corrected chi connectivity index (χ0v) is 22.7. The summed E-state index contributed by atoms with van der Waals surface area (Å²) >= 11 is 0. The Kier molecular flexibility index (Phi) is 6.45. The largest absolute Gasteiger partial charge is 0.493 e. The van der Waals surface area contributed by atoms with Crippen molar-refractivity contribution >= 4 is 34.2 Å². The Bertz CT molecular complexity index is 1630. The van der Waals surface area contributed by atoms with Gasteiger partial charge in [0.25, 0.3) is 5.91 Å². The Morgan fingerprint density at radius 2 is 1.68 bits per heavy atom. The number of ether oxygens (including phenoxy) is 3. The number of benzene rings is 2. The molecule has 6 rings (SSSR count). The van der Waals surface area contributed by atoms with Crippen LogP contribution in [0.25, 0.3) is 10.9 Å². The molecular weight excluding hydrogens is 510 g/mol. The Labute approximate surface area is 231 Å². The number of hydrogen-bond acceptors (Lipinski definition) is 8. The van der Waals surface area contributed by atoms with E-state index in [1.54, 1.807) is 44.7 Å². The Morgan fingerprint density at radius 3 is 2.40 bits per heavy atom. The third-order valence-corrected chi connectivity index (χ3v) is 7.25. The predicted molar refractivity (Wildman–Crippen MR) is 150 cm³/mol. The van der Waals surface area contributed by atoms with E-state index in [0.29, 0.717) is 51.3 Å². The van der Waals surface area contributed by atoms with Crippen LogP contribution in [0.2, 0.25) is 0 Å². The first kappa shape index (κ1) is 25.5. The van der Waals surface area contributed by atoms with E-state index in [9.17, 15) is 9.59 Å². The lowest BCUT2D eigenvalue weighted by Crippen LogP contribution is -2.33. The molecule has 4 aromatic rings. The lowest BCUT2D eigenvalue weighted by atomic mass is 10.0. The average Bonchev–Trinajstić information content (AvgIpc) is 3.77. The van der Waals surface area contributed by atoms with Crippen molar-refractivity contribution < 1.29 is 23.8 Å². The van der Waals surface area contributed by atoms with E-state index < -0.39 is 6.03 Å². The average molecular weight is 540 g/mol. The summed E-state index contributed by atoms with van der Waals surface area (Å²) in [5, 5.41) is 0.654. The number of pyridine rings is 1. The molecule has 1 aliphatic heterocycles. The molecule has 0 unspecified atom stereocenters. The van der Waals surface area contributed by atoms with E-state index >= 15 is 0 Å². The standard InChI is InChI=1S/C30H29N5O5/c1-17(2)22-10-20(35-28(36)15-34(30(35)37)21-9-19(13-31-14-21)18-5-6-18)7-8-25(22)40-29-23-11-26(38-3)27(39-4)12-24(23)32-16-33-29/h7-14,16-18H,5-6,15H2,1-4H3. The van der Waals surface area contributed by atoms with Gasteiger partial charge in [0.05, 0.1) is 42.7 Å². The molecule has 3 amide bonds. The van der Waals surface area contributed by atoms with Crippen LogP contribution < -0.4 is 24.0 Å². The SMILES string of the molecule is COc1cc2ncnc(Oc3ccc(N4C(=O)CN(c5cncc(C6CC6)c5)C4=O)cc3C(C)C)c2cc1OC. The summed E-state index contributed by atoms with van der Waals surface area (Å²) in [6.07, 6.45) is 7.15. The fourth-order valence-electron chi connectivity index (χ4n) is 4.95. The van der Waals surface area contributed by atoms with Crippen molar-refractivity contribution in [2.45, 2.75) is 38.5 Å². The fraction of sp³-hybridized carbons (Fsp3) is 0.300. The molecule has 3 heterocycles. The van der Waals surface area contributed by atoms with Gasteiger partial charge in [-0.3, -0.25) is 14.7 Å². The maximum atomic E-state index is 13.5. The van der Waals surface area contributed by atoms with Gasteiger partial charge in [-0.1, -0.05) is 13.8 Å². The van der Waals surface area contributed by atoms with Crippen molar-refractivity contribution in [3.05, 3.63) is 66.2 Å². The van der Waals surface area contributed by atoms with Crippen LogP contribution in [0.5, 0.6) is 23.1 Å². The number of hydrogen-bond donors (Lipinski definition) is 0. The molecule has 0 N–H and O–H groups in total. The molecule has 10 nitrogen and oxygen atoms in total.